The third-order valence-electron chi connectivity index (χ3n) is 10.4. The van der Waals surface area contributed by atoms with Crippen LogP contribution in [0.5, 0.6) is 0 Å². The smallest absolute Gasteiger partial charge is 0.220 e. The summed E-state index contributed by atoms with van der Waals surface area (Å²) in [4.78, 5) is 12.9. The van der Waals surface area contributed by atoms with Gasteiger partial charge in [0.2, 0.25) is 5.91 Å². The Balaban J connectivity index is 2.29. The van der Waals surface area contributed by atoms with Crippen molar-refractivity contribution in [3.8, 4) is 0 Å². The van der Waals surface area contributed by atoms with Crippen molar-refractivity contribution in [3.05, 3.63) is 48.6 Å². The van der Waals surface area contributed by atoms with Gasteiger partial charge in [0.25, 0.3) is 0 Å². The van der Waals surface area contributed by atoms with E-state index >= 15 is 0 Å². The lowest BCUT2D eigenvalue weighted by atomic mass is 9.99. The van der Waals surface area contributed by atoms with Crippen molar-refractivity contribution in [1.29, 1.82) is 0 Å². The van der Waals surface area contributed by atoms with Gasteiger partial charge in [-0.15, -0.1) is 0 Å². The van der Waals surface area contributed by atoms with Crippen molar-refractivity contribution in [2.75, 3.05) is 13.2 Å². The van der Waals surface area contributed by atoms with E-state index in [1.54, 1.807) is 6.08 Å². The minimum Gasteiger partial charge on any atom is -0.394 e. The third-order valence-corrected chi connectivity index (χ3v) is 10.4. The molecule has 0 bridgehead atoms. The molecule has 1 aliphatic rings. The van der Waals surface area contributed by atoms with E-state index in [4.69, 9.17) is 9.47 Å². The van der Waals surface area contributed by atoms with Crippen LogP contribution in [-0.2, 0) is 14.3 Å². The number of allylic oxidation sites excluding steroid dienone is 7. The molecule has 0 saturated carbocycles. The highest BCUT2D eigenvalue weighted by molar-refractivity contribution is 5.76. The summed E-state index contributed by atoms with van der Waals surface area (Å²) in [5.74, 6) is -0.189. The highest BCUT2D eigenvalue weighted by Crippen LogP contribution is 2.22. The average molecular weight is 778 g/mol. The molecule has 1 aliphatic heterocycles. The number of aliphatic hydroxyl groups is 5. The quantitative estimate of drug-likeness (QED) is 0.0273. The lowest BCUT2D eigenvalue weighted by Crippen LogP contribution is -2.60. The molecule has 55 heavy (non-hydrogen) atoms. The zero-order valence-corrected chi connectivity index (χ0v) is 34.9. The van der Waals surface area contributed by atoms with Crippen molar-refractivity contribution in [3.63, 3.8) is 0 Å². The van der Waals surface area contributed by atoms with Gasteiger partial charge in [-0.05, 0) is 57.8 Å². The fourth-order valence-corrected chi connectivity index (χ4v) is 6.75. The molecule has 0 aromatic heterocycles. The van der Waals surface area contributed by atoms with E-state index in [1.807, 2.05) is 6.08 Å². The van der Waals surface area contributed by atoms with Gasteiger partial charge >= 0.3 is 0 Å². The minimum atomic E-state index is -1.57. The molecule has 0 aromatic carbocycles. The Morgan fingerprint density at radius 3 is 1.58 bits per heavy atom. The van der Waals surface area contributed by atoms with Gasteiger partial charge in [-0.2, -0.15) is 0 Å². The van der Waals surface area contributed by atoms with E-state index in [0.29, 0.717) is 6.42 Å². The van der Waals surface area contributed by atoms with Crippen LogP contribution in [0.15, 0.2) is 48.6 Å². The minimum absolute atomic E-state index is 0.189. The number of unbranched alkanes of at least 4 members (excludes halogenated alkanes) is 20. The van der Waals surface area contributed by atoms with E-state index in [9.17, 15) is 30.3 Å². The number of amides is 1. The molecule has 0 spiro atoms. The molecule has 1 amide bonds. The number of rotatable bonds is 36. The van der Waals surface area contributed by atoms with Crippen LogP contribution in [-0.4, -0.2) is 87.5 Å². The van der Waals surface area contributed by atoms with Crippen LogP contribution in [0, 0.1) is 0 Å². The number of carbonyl (C=O) groups is 1. The summed E-state index contributed by atoms with van der Waals surface area (Å²) in [7, 11) is 0. The zero-order chi connectivity index (χ0) is 40.2. The first-order valence-corrected chi connectivity index (χ1v) is 22.4. The number of carbonyl (C=O) groups excluding carboxylic acids is 1. The fourth-order valence-electron chi connectivity index (χ4n) is 6.75. The highest BCUT2D eigenvalue weighted by atomic mass is 16.7. The second-order valence-electron chi connectivity index (χ2n) is 15.5. The molecule has 7 unspecified atom stereocenters. The monoisotopic (exact) mass is 778 g/mol. The fraction of sp³-hybridized carbons (Fsp3) is 0.804. The third kappa shape index (κ3) is 27.4. The maximum atomic E-state index is 12.9. The molecule has 0 aromatic rings. The standard InChI is InChI=1S/C46H83NO8/c1-3-5-7-9-11-13-14-15-16-17-18-19-20-21-22-23-24-25-26-28-30-32-34-36-42(50)47-39(40(49)35-33-31-29-27-12-10-8-6-4-2)38-54-46-45(53)44(52)43(51)41(37-48)55-46/h14-15,17-18,20-21,33,35,39-41,43-46,48-49,51-53H,3-13,16,19,22-32,34,36-38H2,1-2H3,(H,47,50)/b15-14-,18-17-,21-20-,35-33+. The molecule has 1 heterocycles. The van der Waals surface area contributed by atoms with Crippen molar-refractivity contribution in [1.82, 2.24) is 5.32 Å². The zero-order valence-electron chi connectivity index (χ0n) is 34.9. The van der Waals surface area contributed by atoms with Crippen molar-refractivity contribution >= 4 is 5.91 Å². The Hall–Kier alpha value is -1.85. The summed E-state index contributed by atoms with van der Waals surface area (Å²) in [6.45, 7) is 3.71. The molecule has 6 N–H and O–H groups in total. The molecule has 0 aliphatic carbocycles. The summed E-state index contributed by atoms with van der Waals surface area (Å²) in [6, 6.07) is -0.807. The predicted molar refractivity (Wildman–Crippen MR) is 226 cm³/mol. The van der Waals surface area contributed by atoms with Gasteiger partial charge in [-0.3, -0.25) is 4.79 Å². The van der Waals surface area contributed by atoms with Crippen LogP contribution < -0.4 is 5.32 Å². The largest absolute Gasteiger partial charge is 0.394 e. The second kappa shape index (κ2) is 36.5. The van der Waals surface area contributed by atoms with Gasteiger partial charge in [-0.25, -0.2) is 0 Å². The lowest BCUT2D eigenvalue weighted by molar-refractivity contribution is -0.302. The summed E-state index contributed by atoms with van der Waals surface area (Å²) >= 11 is 0. The molecular formula is C46H83NO8. The normalized spacial score (nSPS) is 21.8. The molecular weight excluding hydrogens is 695 g/mol. The van der Waals surface area contributed by atoms with Crippen LogP contribution in [0.2, 0.25) is 0 Å². The number of nitrogens with one attached hydrogen (secondary N) is 1. The van der Waals surface area contributed by atoms with Gasteiger partial charge in [0, 0.05) is 6.42 Å². The number of hydrogen-bond acceptors (Lipinski definition) is 8. The molecule has 1 saturated heterocycles. The van der Waals surface area contributed by atoms with Crippen molar-refractivity contribution in [2.45, 2.75) is 224 Å². The maximum absolute atomic E-state index is 12.9. The van der Waals surface area contributed by atoms with Crippen LogP contribution in [0.4, 0.5) is 0 Å². The highest BCUT2D eigenvalue weighted by Gasteiger charge is 2.44. The van der Waals surface area contributed by atoms with Gasteiger partial charge in [0.1, 0.15) is 24.4 Å². The van der Waals surface area contributed by atoms with Crippen LogP contribution in [0.25, 0.3) is 0 Å². The van der Waals surface area contributed by atoms with E-state index in [1.165, 1.54) is 96.3 Å². The van der Waals surface area contributed by atoms with E-state index in [-0.39, 0.29) is 12.5 Å². The molecule has 9 heteroatoms. The van der Waals surface area contributed by atoms with Crippen LogP contribution >= 0.6 is 0 Å². The predicted octanol–water partition coefficient (Wildman–Crippen LogP) is 9.06. The molecule has 1 rings (SSSR count). The Morgan fingerprint density at radius 1 is 0.618 bits per heavy atom. The van der Waals surface area contributed by atoms with Crippen molar-refractivity contribution in [2.24, 2.45) is 0 Å². The summed E-state index contributed by atoms with van der Waals surface area (Å²) in [5, 5.41) is 54.0. The van der Waals surface area contributed by atoms with Gasteiger partial charge in [0.05, 0.1) is 25.4 Å². The lowest BCUT2D eigenvalue weighted by Gasteiger charge is -2.40. The number of ether oxygens (including phenoxy) is 2. The Morgan fingerprint density at radius 2 is 1.07 bits per heavy atom. The van der Waals surface area contributed by atoms with Gasteiger partial charge in [-0.1, -0.05) is 165 Å². The Kier molecular flexibility index (Phi) is 33.9. The SMILES string of the molecule is CCCCCCC/C=C\C/C=C\C/C=C\CCCCCCCCCCC(=O)NC(COC1OC(CO)C(O)C(O)C1O)C(O)/C=C/CCCCCCCCC. The second-order valence-corrected chi connectivity index (χ2v) is 15.5. The van der Waals surface area contributed by atoms with Gasteiger partial charge in [0.15, 0.2) is 6.29 Å². The molecule has 320 valence electrons. The summed E-state index contributed by atoms with van der Waals surface area (Å²) in [6.07, 6.45) is 38.8. The summed E-state index contributed by atoms with van der Waals surface area (Å²) < 4.78 is 11.2. The first-order valence-electron chi connectivity index (χ1n) is 22.4. The molecule has 1 fully saturated rings. The number of hydrogen-bond donors (Lipinski definition) is 6. The Labute approximate surface area is 335 Å². The number of aliphatic hydroxyl groups excluding tert-OH is 5. The average Bonchev–Trinajstić information content (AvgIpc) is 3.18. The van der Waals surface area contributed by atoms with Gasteiger partial charge < -0.3 is 40.3 Å². The van der Waals surface area contributed by atoms with E-state index < -0.39 is 49.5 Å². The molecule has 7 atom stereocenters. The maximum Gasteiger partial charge on any atom is 0.220 e. The van der Waals surface area contributed by atoms with Crippen LogP contribution in [0.1, 0.15) is 181 Å². The van der Waals surface area contributed by atoms with E-state index in [2.05, 4.69) is 55.6 Å². The van der Waals surface area contributed by atoms with E-state index in [0.717, 1.165) is 64.2 Å². The first-order chi connectivity index (χ1) is 26.8. The van der Waals surface area contributed by atoms with Crippen LogP contribution in [0.3, 0.4) is 0 Å². The Bertz CT molecular complexity index is 998. The van der Waals surface area contributed by atoms with Crippen molar-refractivity contribution < 1.29 is 39.8 Å². The summed E-state index contributed by atoms with van der Waals surface area (Å²) in [5.41, 5.74) is 0. The molecule has 0 radical (unpaired) electrons. The first kappa shape index (κ1) is 51.2. The topological polar surface area (TPSA) is 149 Å². The molecule has 9 nitrogen and oxygen atoms in total.